The van der Waals surface area contributed by atoms with Crippen LogP contribution >= 0.6 is 0 Å². The highest BCUT2D eigenvalue weighted by molar-refractivity contribution is 5.23. The Morgan fingerprint density at radius 3 is 2.22 bits per heavy atom. The van der Waals surface area contributed by atoms with Crippen molar-refractivity contribution in [3.63, 3.8) is 0 Å². The van der Waals surface area contributed by atoms with E-state index in [0.717, 1.165) is 26.1 Å². The van der Waals surface area contributed by atoms with Gasteiger partial charge in [0.05, 0.1) is 0 Å². The molecule has 0 aliphatic carbocycles. The summed E-state index contributed by atoms with van der Waals surface area (Å²) >= 11 is 0. The van der Waals surface area contributed by atoms with Gasteiger partial charge in [0.2, 0.25) is 0 Å². The number of nitrogens with two attached hydrogens (primary N) is 1. The third-order valence-corrected chi connectivity index (χ3v) is 3.04. The second-order valence-electron chi connectivity index (χ2n) is 4.64. The molecule has 0 aliphatic heterocycles. The summed E-state index contributed by atoms with van der Waals surface area (Å²) in [4.78, 5) is 2.29. The van der Waals surface area contributed by atoms with Gasteiger partial charge in [-0.15, -0.1) is 13.2 Å². The first-order valence-electron chi connectivity index (χ1n) is 6.43. The molecular weight excluding hydrogens is 220 g/mol. The molecule has 0 bridgehead atoms. The van der Waals surface area contributed by atoms with Crippen molar-refractivity contribution in [2.24, 2.45) is 5.73 Å². The van der Waals surface area contributed by atoms with Crippen LogP contribution in [-0.4, -0.2) is 24.5 Å². The quantitative estimate of drug-likeness (QED) is 0.712. The van der Waals surface area contributed by atoms with Crippen molar-refractivity contribution in [1.29, 1.82) is 0 Å². The molecule has 0 saturated carbocycles. The number of rotatable bonds is 8. The van der Waals surface area contributed by atoms with Crippen LogP contribution in [-0.2, 0) is 0 Å². The summed E-state index contributed by atoms with van der Waals surface area (Å²) < 4.78 is 0. The Morgan fingerprint density at radius 2 is 1.72 bits per heavy atom. The molecule has 1 atom stereocenters. The van der Waals surface area contributed by atoms with E-state index in [-0.39, 0.29) is 6.04 Å². The second kappa shape index (κ2) is 7.85. The van der Waals surface area contributed by atoms with Crippen LogP contribution in [0.4, 0.5) is 0 Å². The molecular formula is C16H24N2. The number of nitrogens with zero attached hydrogens (tertiary/aromatic N) is 1. The van der Waals surface area contributed by atoms with Gasteiger partial charge in [-0.05, 0) is 18.9 Å². The number of hydrogen-bond acceptors (Lipinski definition) is 2. The number of benzene rings is 1. The fraction of sp³-hybridized carbons (Fsp3) is 0.375. The largest absolute Gasteiger partial charge is 0.324 e. The summed E-state index contributed by atoms with van der Waals surface area (Å²) in [5.41, 5.74) is 8.68. The Labute approximate surface area is 111 Å². The zero-order chi connectivity index (χ0) is 13.4. The lowest BCUT2D eigenvalue weighted by atomic mass is 10.0. The highest BCUT2D eigenvalue weighted by Gasteiger charge is 2.08. The van der Waals surface area contributed by atoms with E-state index in [2.05, 4.69) is 49.2 Å². The minimum absolute atomic E-state index is 0.0998. The first-order chi connectivity index (χ1) is 8.67. The molecule has 0 saturated heterocycles. The monoisotopic (exact) mass is 244 g/mol. The van der Waals surface area contributed by atoms with Crippen LogP contribution in [0.25, 0.3) is 0 Å². The fourth-order valence-corrected chi connectivity index (χ4v) is 1.92. The van der Waals surface area contributed by atoms with Crippen LogP contribution < -0.4 is 5.73 Å². The molecule has 0 fully saturated rings. The minimum Gasteiger partial charge on any atom is -0.324 e. The first kappa shape index (κ1) is 14.7. The average molecular weight is 244 g/mol. The second-order valence-corrected chi connectivity index (χ2v) is 4.64. The normalized spacial score (nSPS) is 12.4. The lowest BCUT2D eigenvalue weighted by Crippen LogP contribution is -2.27. The van der Waals surface area contributed by atoms with Crippen molar-refractivity contribution in [3.8, 4) is 0 Å². The van der Waals surface area contributed by atoms with Crippen LogP contribution in [0, 0.1) is 6.92 Å². The predicted molar refractivity (Wildman–Crippen MR) is 79.6 cm³/mol. The van der Waals surface area contributed by atoms with Crippen molar-refractivity contribution < 1.29 is 0 Å². The molecule has 0 amide bonds. The summed E-state index contributed by atoms with van der Waals surface area (Å²) in [6.07, 6.45) is 4.78. The van der Waals surface area contributed by atoms with Gasteiger partial charge in [0, 0.05) is 25.7 Å². The molecule has 1 unspecified atom stereocenters. The molecule has 1 aromatic rings. The summed E-state index contributed by atoms with van der Waals surface area (Å²) in [6.45, 7) is 12.4. The van der Waals surface area contributed by atoms with Crippen LogP contribution in [0.15, 0.2) is 49.6 Å². The van der Waals surface area contributed by atoms with Crippen molar-refractivity contribution in [2.45, 2.75) is 19.4 Å². The number of aryl methyl sites for hydroxylation is 1. The maximum Gasteiger partial charge on any atom is 0.0307 e. The van der Waals surface area contributed by atoms with Crippen molar-refractivity contribution >= 4 is 0 Å². The van der Waals surface area contributed by atoms with E-state index in [1.807, 2.05) is 12.2 Å². The molecule has 18 heavy (non-hydrogen) atoms. The van der Waals surface area contributed by atoms with Gasteiger partial charge < -0.3 is 5.73 Å². The third-order valence-electron chi connectivity index (χ3n) is 3.04. The van der Waals surface area contributed by atoms with Gasteiger partial charge in [-0.25, -0.2) is 0 Å². The first-order valence-corrected chi connectivity index (χ1v) is 6.43. The van der Waals surface area contributed by atoms with E-state index >= 15 is 0 Å². The zero-order valence-electron chi connectivity index (χ0n) is 11.3. The smallest absolute Gasteiger partial charge is 0.0307 e. The lowest BCUT2D eigenvalue weighted by Gasteiger charge is -2.21. The Morgan fingerprint density at radius 1 is 1.17 bits per heavy atom. The van der Waals surface area contributed by atoms with Crippen LogP contribution in [0.5, 0.6) is 0 Å². The summed E-state index contributed by atoms with van der Waals surface area (Å²) in [5, 5.41) is 0. The molecule has 1 rings (SSSR count). The van der Waals surface area contributed by atoms with Gasteiger partial charge in [0.25, 0.3) is 0 Å². The topological polar surface area (TPSA) is 29.3 Å². The summed E-state index contributed by atoms with van der Waals surface area (Å²) in [7, 11) is 0. The van der Waals surface area contributed by atoms with Crippen LogP contribution in [0.3, 0.4) is 0 Å². The van der Waals surface area contributed by atoms with E-state index in [1.165, 1.54) is 11.1 Å². The van der Waals surface area contributed by atoms with E-state index in [0.29, 0.717) is 0 Å². The Kier molecular flexibility index (Phi) is 6.40. The van der Waals surface area contributed by atoms with E-state index in [9.17, 15) is 0 Å². The standard InChI is InChI=1S/C16H24N2/c1-4-11-18(12-5-2)13-10-16(17)15-8-6-14(3)7-9-15/h4-9,16H,1-2,10-13,17H2,3H3. The highest BCUT2D eigenvalue weighted by atomic mass is 15.1. The molecule has 2 heteroatoms. The van der Waals surface area contributed by atoms with Crippen molar-refractivity contribution in [2.75, 3.05) is 19.6 Å². The van der Waals surface area contributed by atoms with Crippen molar-refractivity contribution in [3.05, 3.63) is 60.7 Å². The number of hydrogen-bond donors (Lipinski definition) is 1. The van der Waals surface area contributed by atoms with E-state index in [4.69, 9.17) is 5.73 Å². The van der Waals surface area contributed by atoms with Gasteiger partial charge >= 0.3 is 0 Å². The molecule has 0 aromatic heterocycles. The van der Waals surface area contributed by atoms with Crippen LogP contribution in [0.1, 0.15) is 23.6 Å². The molecule has 0 aliphatic rings. The summed E-state index contributed by atoms with van der Waals surface area (Å²) in [5.74, 6) is 0. The van der Waals surface area contributed by atoms with E-state index in [1.54, 1.807) is 0 Å². The van der Waals surface area contributed by atoms with Gasteiger partial charge in [-0.1, -0.05) is 42.0 Å². The molecule has 2 N–H and O–H groups in total. The SMILES string of the molecule is C=CCN(CC=C)CCC(N)c1ccc(C)cc1. The highest BCUT2D eigenvalue weighted by Crippen LogP contribution is 2.15. The van der Waals surface area contributed by atoms with Gasteiger partial charge in [-0.2, -0.15) is 0 Å². The van der Waals surface area contributed by atoms with Gasteiger partial charge in [0.1, 0.15) is 0 Å². The van der Waals surface area contributed by atoms with E-state index < -0.39 is 0 Å². The molecule has 0 radical (unpaired) electrons. The molecule has 98 valence electrons. The Bertz CT molecular complexity index is 357. The molecule has 2 nitrogen and oxygen atoms in total. The van der Waals surface area contributed by atoms with Gasteiger partial charge in [0.15, 0.2) is 0 Å². The predicted octanol–water partition coefficient (Wildman–Crippen LogP) is 3.06. The van der Waals surface area contributed by atoms with Crippen LogP contribution in [0.2, 0.25) is 0 Å². The minimum atomic E-state index is 0.0998. The zero-order valence-corrected chi connectivity index (χ0v) is 11.3. The average Bonchev–Trinajstić information content (AvgIpc) is 2.37. The molecule has 1 aromatic carbocycles. The maximum absolute atomic E-state index is 6.21. The Hall–Kier alpha value is -1.38. The van der Waals surface area contributed by atoms with Gasteiger partial charge in [-0.3, -0.25) is 4.90 Å². The maximum atomic E-state index is 6.21. The molecule has 0 spiro atoms. The lowest BCUT2D eigenvalue weighted by molar-refractivity contribution is 0.319. The fourth-order valence-electron chi connectivity index (χ4n) is 1.92. The molecule has 0 heterocycles. The third kappa shape index (κ3) is 4.86. The summed E-state index contributed by atoms with van der Waals surface area (Å²) in [6, 6.07) is 8.56. The Balaban J connectivity index is 2.48. The van der Waals surface area contributed by atoms with Crippen molar-refractivity contribution in [1.82, 2.24) is 4.90 Å².